The average molecular weight is 374 g/mol. The van der Waals surface area contributed by atoms with Gasteiger partial charge in [0, 0.05) is 18.2 Å². The Balaban J connectivity index is 2.12. The van der Waals surface area contributed by atoms with Gasteiger partial charge in [0.05, 0.1) is 12.7 Å². The minimum absolute atomic E-state index is 0.173. The van der Waals surface area contributed by atoms with Gasteiger partial charge in [-0.15, -0.1) is 0 Å². The Kier molecular flexibility index (Phi) is 4.90. The molecule has 0 amide bonds. The van der Waals surface area contributed by atoms with Gasteiger partial charge in [0.1, 0.15) is 12.3 Å². The van der Waals surface area contributed by atoms with E-state index in [9.17, 15) is 36.3 Å². The fourth-order valence-corrected chi connectivity index (χ4v) is 2.51. The molecule has 1 saturated heterocycles. The monoisotopic (exact) mass is 374 g/mol. The zero-order valence-corrected chi connectivity index (χ0v) is 12.9. The van der Waals surface area contributed by atoms with E-state index in [2.05, 4.69) is 4.18 Å². The molecule has 0 aromatic carbocycles. The molecule has 9 nitrogen and oxygen atoms in total. The largest absolute Gasteiger partial charge is 0.523 e. The highest BCUT2D eigenvalue weighted by Gasteiger charge is 2.48. The Morgan fingerprint density at radius 1 is 1.46 bits per heavy atom. The first-order valence-corrected chi connectivity index (χ1v) is 7.94. The third kappa shape index (κ3) is 3.68. The third-order valence-corrected chi connectivity index (χ3v) is 4.34. The van der Waals surface area contributed by atoms with Crippen molar-refractivity contribution in [3.63, 3.8) is 0 Å². The number of ether oxygens (including phenoxy) is 1. The summed E-state index contributed by atoms with van der Waals surface area (Å²) in [5, 5.41) is 9.77. The number of hydrogen-bond acceptors (Lipinski definition) is 7. The van der Waals surface area contributed by atoms with Crippen LogP contribution in [0.25, 0.3) is 0 Å². The van der Waals surface area contributed by atoms with Gasteiger partial charge in [-0.25, -0.2) is 4.79 Å². The van der Waals surface area contributed by atoms with Crippen molar-refractivity contribution in [1.82, 2.24) is 9.55 Å². The first-order chi connectivity index (χ1) is 10.9. The molecular formula is C11H13F3N2O7S. The number of nitrogens with zero attached hydrogens (tertiary/aromatic N) is 1. The number of nitrogens with one attached hydrogen (secondary N) is 1. The molecule has 24 heavy (non-hydrogen) atoms. The minimum atomic E-state index is -5.82. The van der Waals surface area contributed by atoms with Crippen LogP contribution in [0.2, 0.25) is 0 Å². The Bertz CT molecular complexity index is 829. The van der Waals surface area contributed by atoms with Gasteiger partial charge in [-0.05, 0) is 6.92 Å². The molecule has 1 fully saturated rings. The predicted molar refractivity (Wildman–Crippen MR) is 71.5 cm³/mol. The highest BCUT2D eigenvalue weighted by Crippen LogP contribution is 2.30. The van der Waals surface area contributed by atoms with Crippen LogP contribution in [0.4, 0.5) is 13.2 Å². The van der Waals surface area contributed by atoms with Crippen LogP contribution in [0.5, 0.6) is 0 Å². The topological polar surface area (TPSA) is 128 Å². The molecular weight excluding hydrogens is 361 g/mol. The summed E-state index contributed by atoms with van der Waals surface area (Å²) < 4.78 is 68.1. The Morgan fingerprint density at radius 3 is 2.67 bits per heavy atom. The first-order valence-electron chi connectivity index (χ1n) is 6.53. The molecule has 13 heteroatoms. The van der Waals surface area contributed by atoms with E-state index in [-0.39, 0.29) is 12.0 Å². The third-order valence-electron chi connectivity index (χ3n) is 3.33. The maximum absolute atomic E-state index is 12.2. The second-order valence-electron chi connectivity index (χ2n) is 5.10. The van der Waals surface area contributed by atoms with Crippen LogP contribution < -0.4 is 11.2 Å². The van der Waals surface area contributed by atoms with Crippen LogP contribution in [-0.4, -0.2) is 47.4 Å². The molecule has 1 aromatic heterocycles. The second kappa shape index (κ2) is 6.31. The van der Waals surface area contributed by atoms with Crippen molar-refractivity contribution in [3.05, 3.63) is 32.6 Å². The molecule has 0 unspecified atom stereocenters. The molecule has 2 rings (SSSR count). The summed E-state index contributed by atoms with van der Waals surface area (Å²) in [4.78, 5) is 25.0. The summed E-state index contributed by atoms with van der Waals surface area (Å²) in [5.41, 5.74) is -6.88. The lowest BCUT2D eigenvalue weighted by molar-refractivity contribution is -0.0670. The molecule has 2 heterocycles. The fraction of sp³-hybridized carbons (Fsp3) is 0.636. The summed E-state index contributed by atoms with van der Waals surface area (Å²) in [5.74, 6) is 0. The zero-order chi connectivity index (χ0) is 18.3. The molecule has 0 aliphatic carbocycles. The number of aromatic nitrogens is 2. The molecule has 0 bridgehead atoms. The van der Waals surface area contributed by atoms with Crippen LogP contribution in [0.3, 0.4) is 0 Å². The van der Waals surface area contributed by atoms with E-state index in [4.69, 9.17) is 4.74 Å². The number of alkyl halides is 3. The number of H-pyrrole nitrogens is 1. The standard InChI is InChI=1S/C11H13F3N2O7S/c1-5-3-16(10(19)15-9(5)18)8-2-6(17)7(23-8)4-22-24(20,21)11(12,13)14/h3,6-8,17H,2,4H2,1H3,(H,15,18,19)/t6-,7+,8+/m0/s1. The van der Waals surface area contributed by atoms with E-state index in [1.807, 2.05) is 4.98 Å². The van der Waals surface area contributed by atoms with E-state index in [0.29, 0.717) is 0 Å². The highest BCUT2D eigenvalue weighted by atomic mass is 32.2. The van der Waals surface area contributed by atoms with Crippen molar-refractivity contribution >= 4 is 10.1 Å². The Hall–Kier alpha value is -1.70. The number of rotatable bonds is 4. The van der Waals surface area contributed by atoms with Gasteiger partial charge in [-0.1, -0.05) is 0 Å². The van der Waals surface area contributed by atoms with Crippen molar-refractivity contribution in [2.45, 2.75) is 37.3 Å². The Morgan fingerprint density at radius 2 is 2.08 bits per heavy atom. The van der Waals surface area contributed by atoms with E-state index >= 15 is 0 Å². The second-order valence-corrected chi connectivity index (χ2v) is 6.70. The van der Waals surface area contributed by atoms with Gasteiger partial charge in [-0.2, -0.15) is 21.6 Å². The van der Waals surface area contributed by atoms with Crippen LogP contribution in [-0.2, 0) is 19.0 Å². The predicted octanol–water partition coefficient (Wildman–Crippen LogP) is -0.640. The molecule has 1 aliphatic heterocycles. The fourth-order valence-electron chi connectivity index (χ4n) is 2.06. The molecule has 136 valence electrons. The van der Waals surface area contributed by atoms with Gasteiger partial charge in [0.25, 0.3) is 5.56 Å². The van der Waals surface area contributed by atoms with Gasteiger partial charge in [0.2, 0.25) is 0 Å². The Labute approximate surface area is 132 Å². The van der Waals surface area contributed by atoms with Gasteiger partial charge >= 0.3 is 21.3 Å². The molecule has 1 aliphatic rings. The lowest BCUT2D eigenvalue weighted by Gasteiger charge is -2.16. The molecule has 0 radical (unpaired) electrons. The smallest absolute Gasteiger partial charge is 0.390 e. The summed E-state index contributed by atoms with van der Waals surface area (Å²) >= 11 is 0. The first kappa shape index (κ1) is 18.6. The van der Waals surface area contributed by atoms with Crippen molar-refractivity contribution in [2.75, 3.05) is 6.61 Å². The van der Waals surface area contributed by atoms with Crippen LogP contribution in [0.1, 0.15) is 18.2 Å². The number of aromatic amines is 1. The molecule has 1 aromatic rings. The van der Waals surface area contributed by atoms with E-state index in [1.165, 1.54) is 6.92 Å². The van der Waals surface area contributed by atoms with Gasteiger partial charge in [-0.3, -0.25) is 18.5 Å². The number of aliphatic hydroxyl groups excluding tert-OH is 1. The van der Waals surface area contributed by atoms with Crippen molar-refractivity contribution in [2.24, 2.45) is 0 Å². The minimum Gasteiger partial charge on any atom is -0.390 e. The molecule has 3 atom stereocenters. The SMILES string of the molecule is Cc1cn([C@H]2C[C@H](O)[C@@H](COS(=O)(=O)C(F)(F)F)O2)c(=O)[nH]c1=O. The number of aryl methyl sites for hydroxylation is 1. The van der Waals surface area contributed by atoms with Crippen LogP contribution in [0.15, 0.2) is 15.8 Å². The number of halogens is 3. The lowest BCUT2D eigenvalue weighted by Crippen LogP contribution is -2.34. The lowest BCUT2D eigenvalue weighted by atomic mass is 10.2. The van der Waals surface area contributed by atoms with Gasteiger partial charge in [0.15, 0.2) is 0 Å². The number of hydrogen-bond donors (Lipinski definition) is 2. The van der Waals surface area contributed by atoms with Crippen molar-refractivity contribution in [1.29, 1.82) is 0 Å². The maximum Gasteiger partial charge on any atom is 0.523 e. The van der Waals surface area contributed by atoms with E-state index < -0.39 is 51.9 Å². The normalized spacial score (nSPS) is 25.1. The molecule has 0 saturated carbocycles. The average Bonchev–Trinajstić information content (AvgIpc) is 2.80. The number of aliphatic hydroxyl groups is 1. The highest BCUT2D eigenvalue weighted by molar-refractivity contribution is 7.87. The van der Waals surface area contributed by atoms with Crippen molar-refractivity contribution < 1.29 is 35.6 Å². The summed E-state index contributed by atoms with van der Waals surface area (Å²) in [7, 11) is -5.82. The van der Waals surface area contributed by atoms with Crippen LogP contribution in [0, 0.1) is 6.92 Å². The quantitative estimate of drug-likeness (QED) is 0.530. The molecule has 2 N–H and O–H groups in total. The van der Waals surface area contributed by atoms with Crippen molar-refractivity contribution in [3.8, 4) is 0 Å². The van der Waals surface area contributed by atoms with Gasteiger partial charge < -0.3 is 9.84 Å². The summed E-state index contributed by atoms with van der Waals surface area (Å²) in [6.07, 6.45) is -2.89. The van der Waals surface area contributed by atoms with Crippen LogP contribution >= 0.6 is 0 Å². The maximum atomic E-state index is 12.2. The summed E-state index contributed by atoms with van der Waals surface area (Å²) in [6, 6.07) is 0. The zero-order valence-electron chi connectivity index (χ0n) is 12.1. The van der Waals surface area contributed by atoms with E-state index in [0.717, 1.165) is 10.8 Å². The van der Waals surface area contributed by atoms with E-state index in [1.54, 1.807) is 0 Å². The summed E-state index contributed by atoms with van der Waals surface area (Å²) in [6.45, 7) is 0.341. The molecule has 0 spiro atoms.